The molecule has 0 aromatic heterocycles. The number of amides is 2. The van der Waals surface area contributed by atoms with Crippen LogP contribution in [0, 0.1) is 0 Å². The maximum Gasteiger partial charge on any atom is 0.255 e. The van der Waals surface area contributed by atoms with Gasteiger partial charge in [-0.2, -0.15) is 0 Å². The van der Waals surface area contributed by atoms with Crippen molar-refractivity contribution in [3.05, 3.63) is 48.0 Å². The van der Waals surface area contributed by atoms with E-state index in [1.54, 1.807) is 36.4 Å². The van der Waals surface area contributed by atoms with E-state index in [9.17, 15) is 9.59 Å². The fraction of sp³-hybridized carbons (Fsp3) is 0.364. The van der Waals surface area contributed by atoms with Gasteiger partial charge < -0.3 is 25.8 Å². The third-order valence-electron chi connectivity index (χ3n) is 4.07. The summed E-state index contributed by atoms with van der Waals surface area (Å²) in [5.41, 5.74) is 7.21. The molecule has 0 saturated heterocycles. The summed E-state index contributed by atoms with van der Waals surface area (Å²) >= 11 is 0. The Morgan fingerprint density at radius 2 is 1.50 bits per heavy atom. The number of carbonyl (C=O) groups is 2. The molecule has 2 amide bonds. The second kappa shape index (κ2) is 12.7. The number of halogens is 1. The Hall–Kier alpha value is -2.77. The monoisotopic (exact) mass is 435 g/mol. The maximum atomic E-state index is 12.6. The first-order chi connectivity index (χ1) is 13.9. The number of benzene rings is 2. The first-order valence-electron chi connectivity index (χ1n) is 9.80. The molecular weight excluding hydrogens is 406 g/mol. The number of hydrogen-bond donors (Lipinski definition) is 3. The van der Waals surface area contributed by atoms with Gasteiger partial charge in [-0.05, 0) is 39.3 Å². The van der Waals surface area contributed by atoms with Gasteiger partial charge in [0.2, 0.25) is 5.91 Å². The number of carbonyl (C=O) groups excluding carboxylic acids is 2. The summed E-state index contributed by atoms with van der Waals surface area (Å²) in [5, 5.41) is 5.71. The number of nitrogens with one attached hydrogen (secondary N) is 2. The topological polar surface area (TPSA) is 103 Å². The molecule has 0 bridgehead atoms. The van der Waals surface area contributed by atoms with Crippen molar-refractivity contribution >= 4 is 35.6 Å². The van der Waals surface area contributed by atoms with Crippen LogP contribution in [0.3, 0.4) is 0 Å². The molecule has 7 nitrogen and oxygen atoms in total. The van der Waals surface area contributed by atoms with Gasteiger partial charge in [0.1, 0.15) is 11.5 Å². The van der Waals surface area contributed by atoms with Crippen molar-refractivity contribution in [2.24, 2.45) is 5.73 Å². The summed E-state index contributed by atoms with van der Waals surface area (Å²) in [6.45, 7) is 6.36. The standard InChI is InChI=1S/C22H29N3O4.ClH/c1-4-28-19-14-18(25-22(27)16-9-7-6-8-10-16)20(29-5-2)13-17(19)24-21(26)12-11-15(3)23;/h6-10,13-15H,4-5,11-12,23H2,1-3H3,(H,24,26)(H,25,27);1H. The van der Waals surface area contributed by atoms with E-state index in [2.05, 4.69) is 10.6 Å². The minimum absolute atomic E-state index is 0. The first-order valence-corrected chi connectivity index (χ1v) is 9.80. The second-order valence-electron chi connectivity index (χ2n) is 6.59. The van der Waals surface area contributed by atoms with Crippen LogP contribution in [-0.2, 0) is 4.79 Å². The van der Waals surface area contributed by atoms with Crippen molar-refractivity contribution < 1.29 is 19.1 Å². The number of ether oxygens (including phenoxy) is 2. The van der Waals surface area contributed by atoms with Gasteiger partial charge in [-0.15, -0.1) is 12.4 Å². The lowest BCUT2D eigenvalue weighted by molar-refractivity contribution is -0.116. The minimum atomic E-state index is -0.261. The zero-order chi connectivity index (χ0) is 21.2. The SMILES string of the molecule is CCOc1cc(NC(=O)c2ccccc2)c(OCC)cc1NC(=O)CCC(C)N.Cl. The van der Waals surface area contributed by atoms with Crippen molar-refractivity contribution in [2.75, 3.05) is 23.8 Å². The van der Waals surface area contributed by atoms with Crippen molar-refractivity contribution in [3.8, 4) is 11.5 Å². The first kappa shape index (κ1) is 25.3. The van der Waals surface area contributed by atoms with Crippen LogP contribution in [0.5, 0.6) is 11.5 Å². The average Bonchev–Trinajstić information content (AvgIpc) is 2.70. The highest BCUT2D eigenvalue weighted by Gasteiger charge is 2.17. The van der Waals surface area contributed by atoms with Gasteiger partial charge in [-0.3, -0.25) is 9.59 Å². The Morgan fingerprint density at radius 3 is 2.00 bits per heavy atom. The number of anilines is 2. The molecule has 0 heterocycles. The van der Waals surface area contributed by atoms with E-state index in [1.807, 2.05) is 26.8 Å². The smallest absolute Gasteiger partial charge is 0.255 e. The third-order valence-corrected chi connectivity index (χ3v) is 4.07. The zero-order valence-corrected chi connectivity index (χ0v) is 18.4. The molecule has 0 spiro atoms. The van der Waals surface area contributed by atoms with Gasteiger partial charge in [0, 0.05) is 30.2 Å². The average molecular weight is 436 g/mol. The van der Waals surface area contributed by atoms with Crippen LogP contribution in [0.15, 0.2) is 42.5 Å². The molecule has 0 aliphatic carbocycles. The fourth-order valence-electron chi connectivity index (χ4n) is 2.66. The summed E-state index contributed by atoms with van der Waals surface area (Å²) in [4.78, 5) is 24.8. The van der Waals surface area contributed by atoms with Gasteiger partial charge in [-0.1, -0.05) is 18.2 Å². The van der Waals surface area contributed by atoms with Gasteiger partial charge in [0.15, 0.2) is 0 Å². The van der Waals surface area contributed by atoms with Gasteiger partial charge in [-0.25, -0.2) is 0 Å². The Kier molecular flexibility index (Phi) is 10.7. The van der Waals surface area contributed by atoms with Gasteiger partial charge >= 0.3 is 0 Å². The molecule has 2 rings (SSSR count). The van der Waals surface area contributed by atoms with Crippen LogP contribution in [0.1, 0.15) is 44.0 Å². The van der Waals surface area contributed by atoms with E-state index in [1.165, 1.54) is 0 Å². The van der Waals surface area contributed by atoms with Crippen LogP contribution in [0.2, 0.25) is 0 Å². The lowest BCUT2D eigenvalue weighted by Gasteiger charge is -2.18. The highest BCUT2D eigenvalue weighted by molar-refractivity contribution is 6.05. The Labute approximate surface area is 183 Å². The lowest BCUT2D eigenvalue weighted by atomic mass is 10.1. The molecule has 1 atom stereocenters. The summed E-state index contributed by atoms with van der Waals surface area (Å²) in [7, 11) is 0. The number of hydrogen-bond acceptors (Lipinski definition) is 5. The van der Waals surface area contributed by atoms with Crippen molar-refractivity contribution in [1.29, 1.82) is 0 Å². The van der Waals surface area contributed by atoms with Gasteiger partial charge in [0.25, 0.3) is 5.91 Å². The molecule has 0 aliphatic heterocycles. The fourth-order valence-corrected chi connectivity index (χ4v) is 2.66. The van der Waals surface area contributed by atoms with Crippen molar-refractivity contribution in [1.82, 2.24) is 0 Å². The Morgan fingerprint density at radius 1 is 0.967 bits per heavy atom. The van der Waals surface area contributed by atoms with Crippen molar-refractivity contribution in [3.63, 3.8) is 0 Å². The summed E-state index contributed by atoms with van der Waals surface area (Å²) in [5.74, 6) is 0.477. The van der Waals surface area contributed by atoms with E-state index in [0.29, 0.717) is 54.5 Å². The van der Waals surface area contributed by atoms with E-state index in [-0.39, 0.29) is 30.3 Å². The number of rotatable bonds is 10. The Bertz CT molecular complexity index is 829. The normalized spacial score (nSPS) is 11.1. The van der Waals surface area contributed by atoms with E-state index in [4.69, 9.17) is 15.2 Å². The molecule has 1 unspecified atom stereocenters. The van der Waals surface area contributed by atoms with Crippen molar-refractivity contribution in [2.45, 2.75) is 39.7 Å². The molecule has 0 aliphatic rings. The minimum Gasteiger partial charge on any atom is -0.492 e. The van der Waals surface area contributed by atoms with Crippen LogP contribution in [0.4, 0.5) is 11.4 Å². The van der Waals surface area contributed by atoms with E-state index in [0.717, 1.165) is 0 Å². The molecule has 0 fully saturated rings. The van der Waals surface area contributed by atoms with Crippen LogP contribution < -0.4 is 25.8 Å². The Balaban J connectivity index is 0.00000450. The summed E-state index contributed by atoms with van der Waals surface area (Å²) in [6, 6.07) is 12.2. The molecule has 2 aromatic carbocycles. The highest BCUT2D eigenvalue weighted by atomic mass is 35.5. The molecule has 0 radical (unpaired) electrons. The largest absolute Gasteiger partial charge is 0.492 e. The third kappa shape index (κ3) is 7.57. The lowest BCUT2D eigenvalue weighted by Crippen LogP contribution is -2.20. The maximum absolute atomic E-state index is 12.6. The van der Waals surface area contributed by atoms with Crippen LogP contribution >= 0.6 is 12.4 Å². The van der Waals surface area contributed by atoms with E-state index >= 15 is 0 Å². The summed E-state index contributed by atoms with van der Waals surface area (Å²) < 4.78 is 11.4. The van der Waals surface area contributed by atoms with Crippen LogP contribution in [-0.4, -0.2) is 31.1 Å². The zero-order valence-electron chi connectivity index (χ0n) is 17.6. The summed E-state index contributed by atoms with van der Waals surface area (Å²) in [6.07, 6.45) is 0.888. The number of nitrogens with two attached hydrogens (primary N) is 1. The molecule has 2 aromatic rings. The molecule has 164 valence electrons. The van der Waals surface area contributed by atoms with Crippen LogP contribution in [0.25, 0.3) is 0 Å². The van der Waals surface area contributed by atoms with Gasteiger partial charge in [0.05, 0.1) is 24.6 Å². The molecule has 0 saturated carbocycles. The predicted molar refractivity (Wildman–Crippen MR) is 122 cm³/mol. The molecular formula is C22H30ClN3O4. The molecule has 4 N–H and O–H groups in total. The predicted octanol–water partition coefficient (Wildman–Crippen LogP) is 4.22. The molecule has 30 heavy (non-hydrogen) atoms. The quantitative estimate of drug-likeness (QED) is 0.518. The van der Waals surface area contributed by atoms with E-state index < -0.39 is 0 Å². The highest BCUT2D eigenvalue weighted by Crippen LogP contribution is 2.37. The molecule has 8 heteroatoms. The second-order valence-corrected chi connectivity index (χ2v) is 6.59.